The van der Waals surface area contributed by atoms with Gasteiger partial charge in [0, 0.05) is 13.0 Å². The minimum absolute atomic E-state index is 0.149. The Hall–Kier alpha value is -0.570. The van der Waals surface area contributed by atoms with E-state index in [1.807, 2.05) is 4.90 Å². The lowest BCUT2D eigenvalue weighted by molar-refractivity contribution is -0.132. The molecule has 3 nitrogen and oxygen atoms in total. The molecule has 0 bridgehead atoms. The Morgan fingerprint density at radius 3 is 3.00 bits per heavy atom. The van der Waals surface area contributed by atoms with Crippen LogP contribution >= 0.6 is 0 Å². The molecule has 0 aromatic rings. The van der Waals surface area contributed by atoms with E-state index in [1.165, 1.54) is 0 Å². The molecule has 1 N–H and O–H groups in total. The average Bonchev–Trinajstić information content (AvgIpc) is 2.35. The van der Waals surface area contributed by atoms with Gasteiger partial charge in [0.15, 0.2) is 0 Å². The van der Waals surface area contributed by atoms with Gasteiger partial charge in [-0.25, -0.2) is 0 Å². The van der Waals surface area contributed by atoms with Gasteiger partial charge < -0.3 is 10.0 Å². The highest BCUT2D eigenvalue weighted by atomic mass is 16.3. The summed E-state index contributed by atoms with van der Waals surface area (Å²) in [5.74, 6) is 0.230. The van der Waals surface area contributed by atoms with Crippen LogP contribution in [0.4, 0.5) is 0 Å². The van der Waals surface area contributed by atoms with Gasteiger partial charge in [-0.15, -0.1) is 0 Å². The van der Waals surface area contributed by atoms with Crippen LogP contribution in [0.25, 0.3) is 0 Å². The molecule has 0 radical (unpaired) electrons. The first kappa shape index (κ1) is 7.10. The van der Waals surface area contributed by atoms with Crippen molar-refractivity contribution < 1.29 is 9.90 Å². The summed E-state index contributed by atoms with van der Waals surface area (Å²) in [4.78, 5) is 13.0. The molecule has 2 fully saturated rings. The maximum Gasteiger partial charge on any atom is 0.222 e. The molecule has 2 rings (SSSR count). The molecule has 3 heteroatoms. The molecule has 0 unspecified atom stereocenters. The van der Waals surface area contributed by atoms with Crippen molar-refractivity contribution in [3.63, 3.8) is 0 Å². The summed E-state index contributed by atoms with van der Waals surface area (Å²) >= 11 is 0. The van der Waals surface area contributed by atoms with E-state index in [0.717, 1.165) is 25.8 Å². The van der Waals surface area contributed by atoms with Crippen molar-refractivity contribution in [2.24, 2.45) is 0 Å². The SMILES string of the molecule is O=C1CC[C@@H]2[C@@H](O)CCCN12. The number of hydrogen-bond acceptors (Lipinski definition) is 2. The lowest BCUT2D eigenvalue weighted by atomic mass is 10.00. The van der Waals surface area contributed by atoms with Crippen molar-refractivity contribution in [3.8, 4) is 0 Å². The Kier molecular flexibility index (Phi) is 1.60. The third-order valence-corrected chi connectivity index (χ3v) is 2.72. The molecular formula is C8H13NO2. The van der Waals surface area contributed by atoms with Crippen molar-refractivity contribution in [1.29, 1.82) is 0 Å². The largest absolute Gasteiger partial charge is 0.391 e. The predicted molar refractivity (Wildman–Crippen MR) is 40.0 cm³/mol. The van der Waals surface area contributed by atoms with Crippen LogP contribution in [-0.2, 0) is 4.79 Å². The second-order valence-corrected chi connectivity index (χ2v) is 3.40. The van der Waals surface area contributed by atoms with Crippen LogP contribution in [0.5, 0.6) is 0 Å². The Morgan fingerprint density at radius 1 is 1.45 bits per heavy atom. The standard InChI is InChI=1S/C8H13NO2/c10-7-2-1-5-9-6(7)3-4-8(9)11/h6-7,10H,1-5H2/t6-,7+/m1/s1. The molecule has 2 aliphatic heterocycles. The minimum Gasteiger partial charge on any atom is -0.391 e. The Morgan fingerprint density at radius 2 is 2.27 bits per heavy atom. The van der Waals surface area contributed by atoms with Crippen LogP contribution in [0.15, 0.2) is 0 Å². The minimum atomic E-state index is -0.254. The molecule has 0 aromatic carbocycles. The number of fused-ring (bicyclic) bond motifs is 1. The second kappa shape index (κ2) is 2.48. The van der Waals surface area contributed by atoms with Gasteiger partial charge in [0.1, 0.15) is 0 Å². The number of nitrogens with zero attached hydrogens (tertiary/aromatic N) is 1. The highest BCUT2D eigenvalue weighted by Gasteiger charge is 2.37. The van der Waals surface area contributed by atoms with Gasteiger partial charge >= 0.3 is 0 Å². The van der Waals surface area contributed by atoms with E-state index in [9.17, 15) is 9.90 Å². The fourth-order valence-electron chi connectivity index (χ4n) is 2.11. The highest BCUT2D eigenvalue weighted by Crippen LogP contribution is 2.27. The van der Waals surface area contributed by atoms with Gasteiger partial charge in [-0.1, -0.05) is 0 Å². The van der Waals surface area contributed by atoms with Gasteiger partial charge in [0.2, 0.25) is 5.91 Å². The van der Waals surface area contributed by atoms with Gasteiger partial charge in [-0.05, 0) is 19.3 Å². The molecule has 2 saturated heterocycles. The van der Waals surface area contributed by atoms with Crippen molar-refractivity contribution in [2.75, 3.05) is 6.54 Å². The molecule has 0 aliphatic carbocycles. The predicted octanol–water partition coefficient (Wildman–Crippen LogP) is 0.132. The zero-order valence-electron chi connectivity index (χ0n) is 6.49. The van der Waals surface area contributed by atoms with Crippen LogP contribution in [0.1, 0.15) is 25.7 Å². The average molecular weight is 155 g/mol. The number of carbonyl (C=O) groups excluding carboxylic acids is 1. The Labute approximate surface area is 66.0 Å². The van der Waals surface area contributed by atoms with Crippen LogP contribution in [-0.4, -0.2) is 34.6 Å². The van der Waals surface area contributed by atoms with Gasteiger partial charge in [-0.3, -0.25) is 4.79 Å². The first-order chi connectivity index (χ1) is 5.29. The molecule has 2 aliphatic rings. The van der Waals surface area contributed by atoms with Crippen molar-refractivity contribution in [3.05, 3.63) is 0 Å². The van der Waals surface area contributed by atoms with Crippen LogP contribution in [0.2, 0.25) is 0 Å². The number of amides is 1. The summed E-state index contributed by atoms with van der Waals surface area (Å²) in [7, 11) is 0. The maximum atomic E-state index is 11.2. The number of carbonyl (C=O) groups is 1. The van der Waals surface area contributed by atoms with Crippen LogP contribution in [0.3, 0.4) is 0 Å². The summed E-state index contributed by atoms with van der Waals surface area (Å²) < 4.78 is 0. The second-order valence-electron chi connectivity index (χ2n) is 3.40. The van der Waals surface area contributed by atoms with Crippen molar-refractivity contribution in [1.82, 2.24) is 4.90 Å². The molecule has 2 heterocycles. The van der Waals surface area contributed by atoms with Gasteiger partial charge in [0.05, 0.1) is 12.1 Å². The van der Waals surface area contributed by atoms with Crippen molar-refractivity contribution >= 4 is 5.91 Å². The summed E-state index contributed by atoms with van der Waals surface area (Å²) in [6.45, 7) is 0.862. The summed E-state index contributed by atoms with van der Waals surface area (Å²) in [5, 5.41) is 9.50. The normalized spacial score (nSPS) is 37.5. The summed E-state index contributed by atoms with van der Waals surface area (Å²) in [6, 6.07) is 0.149. The molecule has 0 spiro atoms. The zero-order chi connectivity index (χ0) is 7.84. The number of hydrogen-bond donors (Lipinski definition) is 1. The fourth-order valence-corrected chi connectivity index (χ4v) is 2.11. The zero-order valence-corrected chi connectivity index (χ0v) is 6.49. The molecular weight excluding hydrogens is 142 g/mol. The van der Waals surface area contributed by atoms with E-state index >= 15 is 0 Å². The first-order valence-corrected chi connectivity index (χ1v) is 4.26. The molecule has 62 valence electrons. The lowest BCUT2D eigenvalue weighted by Crippen LogP contribution is -2.45. The number of rotatable bonds is 0. The van der Waals surface area contributed by atoms with Crippen molar-refractivity contribution in [2.45, 2.75) is 37.8 Å². The third-order valence-electron chi connectivity index (χ3n) is 2.72. The van der Waals surface area contributed by atoms with Gasteiger partial charge in [0.25, 0.3) is 0 Å². The smallest absolute Gasteiger partial charge is 0.222 e. The highest BCUT2D eigenvalue weighted by molar-refractivity contribution is 5.79. The lowest BCUT2D eigenvalue weighted by Gasteiger charge is -2.33. The Bertz CT molecular complexity index is 181. The van der Waals surface area contributed by atoms with E-state index < -0.39 is 0 Å². The first-order valence-electron chi connectivity index (χ1n) is 4.26. The molecule has 0 aromatic heterocycles. The van der Waals surface area contributed by atoms with Gasteiger partial charge in [-0.2, -0.15) is 0 Å². The number of aliphatic hydroxyl groups is 1. The number of aliphatic hydroxyl groups excluding tert-OH is 1. The monoisotopic (exact) mass is 155 g/mol. The summed E-state index contributed by atoms with van der Waals surface area (Å²) in [6.07, 6.45) is 3.08. The maximum absolute atomic E-state index is 11.2. The summed E-state index contributed by atoms with van der Waals surface area (Å²) in [5.41, 5.74) is 0. The quantitative estimate of drug-likeness (QED) is 0.540. The molecule has 0 saturated carbocycles. The number of piperidine rings is 1. The van der Waals surface area contributed by atoms with E-state index in [4.69, 9.17) is 0 Å². The van der Waals surface area contributed by atoms with E-state index in [1.54, 1.807) is 0 Å². The third kappa shape index (κ3) is 1.03. The van der Waals surface area contributed by atoms with E-state index in [2.05, 4.69) is 0 Å². The van der Waals surface area contributed by atoms with E-state index in [-0.39, 0.29) is 18.1 Å². The topological polar surface area (TPSA) is 40.5 Å². The van der Waals surface area contributed by atoms with Crippen LogP contribution < -0.4 is 0 Å². The van der Waals surface area contributed by atoms with Crippen LogP contribution in [0, 0.1) is 0 Å². The Balaban J connectivity index is 2.12. The molecule has 1 amide bonds. The molecule has 11 heavy (non-hydrogen) atoms. The molecule has 2 atom stereocenters. The fraction of sp³-hybridized carbons (Fsp3) is 0.875. The van der Waals surface area contributed by atoms with E-state index in [0.29, 0.717) is 6.42 Å².